The average molecular weight is 349 g/mol. The van der Waals surface area contributed by atoms with E-state index in [1.807, 2.05) is 0 Å². The molecule has 0 N–H and O–H groups in total. The summed E-state index contributed by atoms with van der Waals surface area (Å²) in [5.41, 5.74) is 0.0201. The van der Waals surface area contributed by atoms with E-state index in [4.69, 9.17) is 25.3 Å². The molecule has 9 heteroatoms. The first kappa shape index (κ1) is 15.8. The van der Waals surface area contributed by atoms with Crippen LogP contribution in [0.2, 0.25) is 5.02 Å². The van der Waals surface area contributed by atoms with Crippen LogP contribution in [0.15, 0.2) is 51.6 Å². The Kier molecular flexibility index (Phi) is 4.30. The van der Waals surface area contributed by atoms with Crippen LogP contribution in [0.5, 0.6) is 0 Å². The maximum Gasteiger partial charge on any atom is 0.338 e. The van der Waals surface area contributed by atoms with Gasteiger partial charge in [-0.25, -0.2) is 4.79 Å². The molecule has 0 saturated carbocycles. The molecule has 0 atom stereocenters. The molecule has 0 saturated heterocycles. The number of esters is 1. The number of furan rings is 1. The number of carbonyl (C=O) groups is 1. The van der Waals surface area contributed by atoms with Crippen LogP contribution in [0.1, 0.15) is 16.1 Å². The van der Waals surface area contributed by atoms with Gasteiger partial charge in [0, 0.05) is 12.1 Å². The minimum Gasteiger partial charge on any atom is -0.461 e. The largest absolute Gasteiger partial charge is 0.461 e. The Morgan fingerprint density at radius 2 is 2.12 bits per heavy atom. The molecule has 0 fully saturated rings. The van der Waals surface area contributed by atoms with Gasteiger partial charge >= 0.3 is 5.97 Å². The summed E-state index contributed by atoms with van der Waals surface area (Å²) in [4.78, 5) is 22.1. The Bertz CT molecular complexity index is 887. The van der Waals surface area contributed by atoms with Crippen molar-refractivity contribution >= 4 is 23.3 Å². The van der Waals surface area contributed by atoms with Crippen molar-refractivity contribution in [2.24, 2.45) is 0 Å². The molecule has 1 aromatic carbocycles. The molecule has 0 spiro atoms. The van der Waals surface area contributed by atoms with Gasteiger partial charge in [0.25, 0.3) is 5.69 Å². The first-order valence-corrected chi connectivity index (χ1v) is 7.03. The summed E-state index contributed by atoms with van der Waals surface area (Å²) >= 11 is 5.70. The fourth-order valence-corrected chi connectivity index (χ4v) is 2.10. The monoisotopic (exact) mass is 348 g/mol. The molecule has 0 unspecified atom stereocenters. The number of ether oxygens (including phenoxy) is 1. The highest BCUT2D eigenvalue weighted by Crippen LogP contribution is 2.26. The van der Waals surface area contributed by atoms with Crippen LogP contribution in [0.25, 0.3) is 11.5 Å². The lowest BCUT2D eigenvalue weighted by atomic mass is 10.2. The van der Waals surface area contributed by atoms with Crippen molar-refractivity contribution in [2.45, 2.75) is 6.61 Å². The van der Waals surface area contributed by atoms with Crippen molar-refractivity contribution in [2.75, 3.05) is 0 Å². The summed E-state index contributed by atoms with van der Waals surface area (Å²) < 4.78 is 15.3. The second kappa shape index (κ2) is 6.55. The van der Waals surface area contributed by atoms with Crippen molar-refractivity contribution in [3.8, 4) is 11.5 Å². The predicted octanol–water partition coefficient (Wildman–Crippen LogP) is 3.85. The van der Waals surface area contributed by atoms with Gasteiger partial charge in [-0.05, 0) is 24.3 Å². The Labute approximate surface area is 139 Å². The highest BCUT2D eigenvalue weighted by atomic mass is 35.5. The summed E-state index contributed by atoms with van der Waals surface area (Å²) in [6.45, 7) is -0.153. The number of halogens is 1. The van der Waals surface area contributed by atoms with E-state index >= 15 is 0 Å². The number of nitrogens with zero attached hydrogens (tertiary/aromatic N) is 2. The zero-order chi connectivity index (χ0) is 17.1. The quantitative estimate of drug-likeness (QED) is 0.391. The van der Waals surface area contributed by atoms with Crippen molar-refractivity contribution in [1.29, 1.82) is 0 Å². The van der Waals surface area contributed by atoms with Gasteiger partial charge in [-0.3, -0.25) is 10.1 Å². The third-order valence-corrected chi connectivity index (χ3v) is 3.37. The number of hydrogen-bond acceptors (Lipinski definition) is 7. The number of nitro benzene ring substituents is 1. The molecular weight excluding hydrogens is 340 g/mol. The lowest BCUT2D eigenvalue weighted by Gasteiger charge is -2.03. The summed E-state index contributed by atoms with van der Waals surface area (Å²) in [6.07, 6.45) is 1.49. The molecular formula is C15H9ClN2O6. The topological polar surface area (TPSA) is 109 Å². The van der Waals surface area contributed by atoms with E-state index in [0.717, 1.165) is 6.07 Å². The van der Waals surface area contributed by atoms with Crippen molar-refractivity contribution in [3.05, 3.63) is 69.1 Å². The van der Waals surface area contributed by atoms with Crippen LogP contribution in [0.4, 0.5) is 5.69 Å². The Morgan fingerprint density at radius 3 is 2.83 bits per heavy atom. The van der Waals surface area contributed by atoms with E-state index in [1.165, 1.54) is 18.4 Å². The van der Waals surface area contributed by atoms with Crippen LogP contribution in [0.3, 0.4) is 0 Å². The van der Waals surface area contributed by atoms with Gasteiger partial charge in [0.05, 0.1) is 16.7 Å². The maximum atomic E-state index is 12.0. The molecule has 3 rings (SSSR count). The van der Waals surface area contributed by atoms with Gasteiger partial charge in [0.2, 0.25) is 5.76 Å². The highest BCUT2D eigenvalue weighted by molar-refractivity contribution is 6.32. The van der Waals surface area contributed by atoms with E-state index in [0.29, 0.717) is 17.2 Å². The lowest BCUT2D eigenvalue weighted by molar-refractivity contribution is -0.384. The molecule has 0 aliphatic carbocycles. The molecule has 3 aromatic rings. The SMILES string of the molecule is O=C(OCc1cc(-c2ccco2)on1)c1ccc(Cl)c([N+](=O)[O-])c1. The first-order chi connectivity index (χ1) is 11.5. The number of nitro groups is 1. The van der Waals surface area contributed by atoms with Crippen LogP contribution in [0, 0.1) is 10.1 Å². The molecule has 24 heavy (non-hydrogen) atoms. The lowest BCUT2D eigenvalue weighted by Crippen LogP contribution is -2.06. The van der Waals surface area contributed by atoms with Crippen LogP contribution in [-0.4, -0.2) is 16.0 Å². The Hall–Kier alpha value is -3.13. The van der Waals surface area contributed by atoms with Crippen LogP contribution < -0.4 is 0 Å². The molecule has 2 aromatic heterocycles. The second-order valence-corrected chi connectivity index (χ2v) is 5.07. The van der Waals surface area contributed by atoms with E-state index in [9.17, 15) is 14.9 Å². The van der Waals surface area contributed by atoms with Crippen molar-refractivity contribution in [1.82, 2.24) is 5.16 Å². The minimum absolute atomic E-state index is 0.0147. The van der Waals surface area contributed by atoms with Gasteiger partial charge in [0.1, 0.15) is 17.3 Å². The van der Waals surface area contributed by atoms with E-state index < -0.39 is 10.9 Å². The smallest absolute Gasteiger partial charge is 0.338 e. The van der Waals surface area contributed by atoms with Gasteiger partial charge in [-0.1, -0.05) is 16.8 Å². The molecule has 0 radical (unpaired) electrons. The number of carbonyl (C=O) groups excluding carboxylic acids is 1. The first-order valence-electron chi connectivity index (χ1n) is 6.65. The number of rotatable bonds is 5. The molecule has 8 nitrogen and oxygen atoms in total. The summed E-state index contributed by atoms with van der Waals surface area (Å²) in [6, 6.07) is 8.63. The fourth-order valence-electron chi connectivity index (χ4n) is 1.92. The average Bonchev–Trinajstić information content (AvgIpc) is 3.24. The molecule has 0 amide bonds. The van der Waals surface area contributed by atoms with Crippen molar-refractivity contribution < 1.29 is 23.4 Å². The van der Waals surface area contributed by atoms with Gasteiger partial charge < -0.3 is 13.7 Å². The number of benzene rings is 1. The predicted molar refractivity (Wildman–Crippen MR) is 81.4 cm³/mol. The molecule has 2 heterocycles. The normalized spacial score (nSPS) is 10.5. The maximum absolute atomic E-state index is 12.0. The molecule has 0 bridgehead atoms. The van der Waals surface area contributed by atoms with Gasteiger partial charge in [-0.15, -0.1) is 0 Å². The van der Waals surface area contributed by atoms with Crippen LogP contribution in [-0.2, 0) is 11.3 Å². The van der Waals surface area contributed by atoms with E-state index in [-0.39, 0.29) is 22.9 Å². The van der Waals surface area contributed by atoms with Crippen molar-refractivity contribution in [3.63, 3.8) is 0 Å². The third-order valence-electron chi connectivity index (χ3n) is 3.05. The number of hydrogen-bond donors (Lipinski definition) is 0. The minimum atomic E-state index is -0.739. The van der Waals surface area contributed by atoms with Crippen LogP contribution >= 0.6 is 11.6 Å². The van der Waals surface area contributed by atoms with E-state index in [2.05, 4.69) is 5.16 Å². The third kappa shape index (κ3) is 3.28. The highest BCUT2D eigenvalue weighted by Gasteiger charge is 2.18. The van der Waals surface area contributed by atoms with Gasteiger partial charge in [-0.2, -0.15) is 0 Å². The van der Waals surface area contributed by atoms with Gasteiger partial charge in [0.15, 0.2) is 5.76 Å². The molecule has 0 aliphatic heterocycles. The fraction of sp³-hybridized carbons (Fsp3) is 0.0667. The summed E-state index contributed by atoms with van der Waals surface area (Å²) in [5, 5.41) is 14.5. The molecule has 0 aliphatic rings. The molecule has 122 valence electrons. The zero-order valence-electron chi connectivity index (χ0n) is 12.0. The Morgan fingerprint density at radius 1 is 1.29 bits per heavy atom. The summed E-state index contributed by atoms with van der Waals surface area (Å²) in [7, 11) is 0. The number of aromatic nitrogens is 1. The second-order valence-electron chi connectivity index (χ2n) is 4.66. The van der Waals surface area contributed by atoms with E-state index in [1.54, 1.807) is 18.2 Å². The zero-order valence-corrected chi connectivity index (χ0v) is 12.7. The standard InChI is InChI=1S/C15H9ClN2O6/c16-11-4-3-9(6-12(11)18(20)21)15(19)23-8-10-7-14(24-17-10)13-2-1-5-22-13/h1-7H,8H2. The summed E-state index contributed by atoms with van der Waals surface area (Å²) in [5.74, 6) is 0.152. The Balaban J connectivity index is 1.68.